The molecular weight excluding hydrogens is 524 g/mol. The molecule has 36 heavy (non-hydrogen) atoms. The van der Waals surface area contributed by atoms with Crippen LogP contribution in [0.1, 0.15) is 28.9 Å². The van der Waals surface area contributed by atoms with Crippen LogP contribution in [0.25, 0.3) is 0 Å². The molecule has 1 fully saturated rings. The number of hydrogen-bond acceptors (Lipinski definition) is 7. The van der Waals surface area contributed by atoms with Gasteiger partial charge in [-0.2, -0.15) is 13.2 Å². The molecule has 190 valence electrons. The fourth-order valence-corrected chi connectivity index (χ4v) is 4.61. The van der Waals surface area contributed by atoms with Crippen molar-refractivity contribution in [1.82, 2.24) is 14.9 Å². The molecule has 0 saturated carbocycles. The molecule has 1 N–H and O–H groups in total. The number of pyridine rings is 1. The van der Waals surface area contributed by atoms with E-state index in [0.29, 0.717) is 16.6 Å². The monoisotopic (exact) mass is 542 g/mol. The van der Waals surface area contributed by atoms with Gasteiger partial charge in [0.05, 0.1) is 10.6 Å². The summed E-state index contributed by atoms with van der Waals surface area (Å²) in [4.78, 5) is 34.4. The van der Waals surface area contributed by atoms with Crippen molar-refractivity contribution in [1.29, 1.82) is 0 Å². The third-order valence-corrected chi connectivity index (χ3v) is 6.64. The van der Waals surface area contributed by atoms with E-state index in [1.54, 1.807) is 29.8 Å². The fourth-order valence-electron chi connectivity index (χ4n) is 3.90. The first-order valence-electron chi connectivity index (χ1n) is 10.7. The van der Waals surface area contributed by atoms with Crippen molar-refractivity contribution >= 4 is 45.8 Å². The maximum atomic E-state index is 14.3. The van der Waals surface area contributed by atoms with E-state index in [4.69, 9.17) is 16.3 Å². The molecule has 0 radical (unpaired) electrons. The van der Waals surface area contributed by atoms with Gasteiger partial charge in [0.2, 0.25) is 0 Å². The SMILES string of the molecule is O=C(c1cccc(Cl)c1F)N1CCC(Cc2cccc(Nc3nccs3)n2)(OC(=O)C(F)(F)F)CC1. The molecule has 13 heteroatoms. The van der Waals surface area contributed by atoms with E-state index >= 15 is 0 Å². The summed E-state index contributed by atoms with van der Waals surface area (Å²) in [5.41, 5.74) is -1.43. The Morgan fingerprint density at radius 3 is 2.56 bits per heavy atom. The zero-order valence-corrected chi connectivity index (χ0v) is 20.1. The van der Waals surface area contributed by atoms with Crippen LogP contribution in [0.3, 0.4) is 0 Å². The molecular formula is C23H19ClF4N4O3S. The minimum atomic E-state index is -5.19. The van der Waals surface area contributed by atoms with Crippen molar-refractivity contribution in [3.63, 3.8) is 0 Å². The van der Waals surface area contributed by atoms with Gasteiger partial charge in [0.1, 0.15) is 11.4 Å². The first-order chi connectivity index (χ1) is 17.1. The van der Waals surface area contributed by atoms with Gasteiger partial charge in [0, 0.05) is 49.6 Å². The molecule has 0 atom stereocenters. The van der Waals surface area contributed by atoms with Crippen LogP contribution >= 0.6 is 22.9 Å². The first-order valence-corrected chi connectivity index (χ1v) is 12.0. The number of nitrogens with one attached hydrogen (secondary N) is 1. The van der Waals surface area contributed by atoms with Gasteiger partial charge in [0.15, 0.2) is 10.9 Å². The second-order valence-corrected chi connectivity index (χ2v) is 9.42. The molecule has 1 amide bonds. The molecule has 3 heterocycles. The lowest BCUT2D eigenvalue weighted by Gasteiger charge is -2.41. The zero-order chi connectivity index (χ0) is 25.9. The van der Waals surface area contributed by atoms with Crippen LogP contribution in [0.2, 0.25) is 5.02 Å². The average molecular weight is 543 g/mol. The lowest BCUT2D eigenvalue weighted by molar-refractivity contribution is -0.217. The number of rotatable bonds is 6. The maximum absolute atomic E-state index is 14.3. The Hall–Kier alpha value is -3.25. The highest BCUT2D eigenvalue weighted by atomic mass is 35.5. The average Bonchev–Trinajstić information content (AvgIpc) is 3.33. The topological polar surface area (TPSA) is 84.4 Å². The molecule has 1 aliphatic heterocycles. The Morgan fingerprint density at radius 1 is 1.17 bits per heavy atom. The minimum absolute atomic E-state index is 0.0625. The van der Waals surface area contributed by atoms with Crippen molar-refractivity contribution in [3.05, 3.63) is 70.1 Å². The molecule has 2 aromatic heterocycles. The van der Waals surface area contributed by atoms with Gasteiger partial charge in [-0.3, -0.25) is 4.79 Å². The van der Waals surface area contributed by atoms with Crippen LogP contribution in [-0.2, 0) is 16.0 Å². The number of amides is 1. The van der Waals surface area contributed by atoms with Crippen LogP contribution in [0.5, 0.6) is 0 Å². The summed E-state index contributed by atoms with van der Waals surface area (Å²) in [5, 5.41) is 5.13. The highest BCUT2D eigenvalue weighted by Gasteiger charge is 2.48. The van der Waals surface area contributed by atoms with Gasteiger partial charge in [-0.05, 0) is 24.3 Å². The van der Waals surface area contributed by atoms with Gasteiger partial charge in [-0.15, -0.1) is 11.3 Å². The van der Waals surface area contributed by atoms with Gasteiger partial charge >= 0.3 is 12.1 Å². The van der Waals surface area contributed by atoms with E-state index in [1.165, 1.54) is 34.4 Å². The summed E-state index contributed by atoms with van der Waals surface area (Å²) < 4.78 is 58.6. The number of benzene rings is 1. The number of likely N-dealkylation sites (tertiary alicyclic amines) is 1. The predicted molar refractivity (Wildman–Crippen MR) is 125 cm³/mol. The Kier molecular flexibility index (Phi) is 7.46. The first kappa shape index (κ1) is 25.8. The minimum Gasteiger partial charge on any atom is -0.452 e. The number of carbonyl (C=O) groups is 2. The number of ether oxygens (including phenoxy) is 1. The zero-order valence-electron chi connectivity index (χ0n) is 18.5. The third kappa shape index (κ3) is 5.93. The van der Waals surface area contributed by atoms with Gasteiger partial charge < -0.3 is 15.0 Å². The third-order valence-electron chi connectivity index (χ3n) is 5.66. The fraction of sp³-hybridized carbons (Fsp3) is 0.304. The molecule has 1 saturated heterocycles. The smallest absolute Gasteiger partial charge is 0.452 e. The molecule has 4 rings (SSSR count). The Bertz CT molecular complexity index is 1250. The summed E-state index contributed by atoms with van der Waals surface area (Å²) in [7, 11) is 0. The Labute approximate surface area is 212 Å². The van der Waals surface area contributed by atoms with Crippen LogP contribution in [0.15, 0.2) is 48.0 Å². The summed E-state index contributed by atoms with van der Waals surface area (Å²) in [6.07, 6.45) is -3.91. The Morgan fingerprint density at radius 2 is 1.89 bits per heavy atom. The number of thiazole rings is 1. The lowest BCUT2D eigenvalue weighted by Crippen LogP contribution is -2.51. The largest absolute Gasteiger partial charge is 0.490 e. The highest BCUT2D eigenvalue weighted by molar-refractivity contribution is 7.13. The number of aromatic nitrogens is 2. The number of alkyl halides is 3. The molecule has 7 nitrogen and oxygen atoms in total. The number of piperidine rings is 1. The molecule has 0 unspecified atom stereocenters. The molecule has 1 aliphatic rings. The van der Waals surface area contributed by atoms with Gasteiger partial charge in [0.25, 0.3) is 5.91 Å². The second-order valence-electron chi connectivity index (χ2n) is 8.12. The quantitative estimate of drug-likeness (QED) is 0.332. The van der Waals surface area contributed by atoms with Gasteiger partial charge in [-0.25, -0.2) is 19.2 Å². The van der Waals surface area contributed by atoms with E-state index in [2.05, 4.69) is 15.3 Å². The van der Waals surface area contributed by atoms with Crippen LogP contribution in [-0.4, -0.2) is 51.6 Å². The summed E-state index contributed by atoms with van der Waals surface area (Å²) in [6.45, 7) is -0.125. The summed E-state index contributed by atoms with van der Waals surface area (Å²) >= 11 is 7.11. The number of esters is 1. The molecule has 0 bridgehead atoms. The van der Waals surface area contributed by atoms with E-state index in [0.717, 1.165) is 0 Å². The van der Waals surface area contributed by atoms with E-state index in [-0.39, 0.29) is 42.9 Å². The molecule has 1 aromatic carbocycles. The normalized spacial score (nSPS) is 15.4. The van der Waals surface area contributed by atoms with Crippen molar-refractivity contribution in [2.24, 2.45) is 0 Å². The van der Waals surface area contributed by atoms with Crippen LogP contribution < -0.4 is 5.32 Å². The maximum Gasteiger partial charge on any atom is 0.490 e. The standard InChI is InChI=1S/C23H19ClF4N4O3S/c24-16-5-2-4-15(18(16)25)19(33)32-10-7-22(8-11-32,35-20(34)23(26,27)28)13-14-3-1-6-17(30-14)31-21-29-9-12-36-21/h1-6,9,12H,7-8,10-11,13H2,(H,29,30,31). The van der Waals surface area contributed by atoms with Crippen molar-refractivity contribution in [2.75, 3.05) is 18.4 Å². The van der Waals surface area contributed by atoms with E-state index < -0.39 is 29.5 Å². The molecule has 3 aromatic rings. The van der Waals surface area contributed by atoms with E-state index in [1.807, 2.05) is 0 Å². The second kappa shape index (κ2) is 10.4. The van der Waals surface area contributed by atoms with E-state index in [9.17, 15) is 27.2 Å². The number of carbonyl (C=O) groups excluding carboxylic acids is 2. The van der Waals surface area contributed by atoms with Gasteiger partial charge in [-0.1, -0.05) is 23.7 Å². The van der Waals surface area contributed by atoms with Crippen LogP contribution in [0.4, 0.5) is 28.5 Å². The number of halogens is 5. The van der Waals surface area contributed by atoms with Crippen molar-refractivity contribution in [2.45, 2.75) is 31.0 Å². The van der Waals surface area contributed by atoms with Crippen LogP contribution in [0, 0.1) is 5.82 Å². The summed E-state index contributed by atoms with van der Waals surface area (Å²) in [5.74, 6) is -3.43. The molecule has 0 aliphatic carbocycles. The number of hydrogen-bond donors (Lipinski definition) is 1. The van der Waals surface area contributed by atoms with Crippen molar-refractivity contribution in [3.8, 4) is 0 Å². The number of nitrogens with zero attached hydrogens (tertiary/aromatic N) is 3. The lowest BCUT2D eigenvalue weighted by atomic mass is 9.86. The summed E-state index contributed by atoms with van der Waals surface area (Å²) in [6, 6.07) is 8.94. The Balaban J connectivity index is 1.54. The molecule has 0 spiro atoms. The van der Waals surface area contributed by atoms with Crippen molar-refractivity contribution < 1.29 is 31.9 Å². The highest BCUT2D eigenvalue weighted by Crippen LogP contribution is 2.34. The predicted octanol–water partition coefficient (Wildman–Crippen LogP) is 5.40. The number of anilines is 2.